The number of rotatable bonds is 8. The number of aromatic amines is 1. The minimum atomic E-state index is -0.486. The minimum Gasteiger partial charge on any atom is -0.457 e. The van der Waals surface area contributed by atoms with Crippen LogP contribution < -0.4 is 5.56 Å². The van der Waals surface area contributed by atoms with Gasteiger partial charge in [0.2, 0.25) is 5.78 Å². The molecule has 35 heavy (non-hydrogen) atoms. The second-order valence-corrected chi connectivity index (χ2v) is 10.6. The molecule has 8 nitrogen and oxygen atoms in total. The highest BCUT2D eigenvalue weighted by Crippen LogP contribution is 2.33. The first-order valence-electron chi connectivity index (χ1n) is 12.4. The van der Waals surface area contributed by atoms with Crippen molar-refractivity contribution in [1.82, 2.24) is 14.5 Å². The standard InChI is InChI=1S/C26H31N3O5S/c1-15-12-19(16(2)29(15)13-17-6-5-11-33-17)20(30)14-34-23(31)10-9-22-27-25(32)24-18-7-3-4-8-21(18)35-26(24)28-22/h12,17H,3-11,13-14H2,1-2H3,(H,27,28,32)/t17-/m0/s1. The van der Waals surface area contributed by atoms with Crippen molar-refractivity contribution in [2.24, 2.45) is 0 Å². The van der Waals surface area contributed by atoms with Gasteiger partial charge in [-0.05, 0) is 64.0 Å². The number of hydrogen-bond donors (Lipinski definition) is 1. The zero-order chi connectivity index (χ0) is 24.5. The Morgan fingerprint density at radius 2 is 2.09 bits per heavy atom. The number of esters is 1. The van der Waals surface area contributed by atoms with E-state index in [1.165, 1.54) is 4.88 Å². The van der Waals surface area contributed by atoms with Crippen LogP contribution in [0, 0.1) is 13.8 Å². The number of fused-ring (bicyclic) bond motifs is 3. The van der Waals surface area contributed by atoms with Crippen molar-refractivity contribution >= 4 is 33.3 Å². The highest BCUT2D eigenvalue weighted by Gasteiger charge is 2.22. The highest BCUT2D eigenvalue weighted by atomic mass is 32.1. The second-order valence-electron chi connectivity index (χ2n) is 9.52. The fourth-order valence-corrected chi connectivity index (χ4v) is 6.48. The smallest absolute Gasteiger partial charge is 0.306 e. The van der Waals surface area contributed by atoms with Gasteiger partial charge in [-0.3, -0.25) is 14.4 Å². The van der Waals surface area contributed by atoms with E-state index in [1.807, 2.05) is 19.9 Å². The number of nitrogens with one attached hydrogen (secondary N) is 1. The molecule has 0 bridgehead atoms. The van der Waals surface area contributed by atoms with Crippen molar-refractivity contribution in [1.29, 1.82) is 0 Å². The molecule has 2 aliphatic rings. The van der Waals surface area contributed by atoms with Crippen molar-refractivity contribution < 1.29 is 19.1 Å². The lowest BCUT2D eigenvalue weighted by Crippen LogP contribution is -2.18. The molecule has 9 heteroatoms. The number of ether oxygens (including phenoxy) is 2. The lowest BCUT2D eigenvalue weighted by atomic mass is 9.97. The largest absolute Gasteiger partial charge is 0.457 e. The molecule has 5 rings (SSSR count). The molecule has 1 atom stereocenters. The molecule has 3 aromatic heterocycles. The van der Waals surface area contributed by atoms with Gasteiger partial charge in [0.15, 0.2) is 6.61 Å². The van der Waals surface area contributed by atoms with Crippen LogP contribution in [0.2, 0.25) is 0 Å². The molecule has 4 heterocycles. The number of thiophene rings is 1. The van der Waals surface area contributed by atoms with Gasteiger partial charge in [-0.1, -0.05) is 0 Å². The summed E-state index contributed by atoms with van der Waals surface area (Å²) < 4.78 is 13.1. The predicted octanol–water partition coefficient (Wildman–Crippen LogP) is 3.82. The van der Waals surface area contributed by atoms with E-state index >= 15 is 0 Å². The monoisotopic (exact) mass is 497 g/mol. The Balaban J connectivity index is 1.17. The molecule has 0 radical (unpaired) electrons. The summed E-state index contributed by atoms with van der Waals surface area (Å²) in [7, 11) is 0. The number of carbonyl (C=O) groups is 2. The first kappa shape index (κ1) is 23.9. The quantitative estimate of drug-likeness (QED) is 0.375. The Bertz CT molecular complexity index is 1330. The highest BCUT2D eigenvalue weighted by molar-refractivity contribution is 7.18. The lowest BCUT2D eigenvalue weighted by Gasteiger charge is -2.14. The van der Waals surface area contributed by atoms with Gasteiger partial charge in [0.1, 0.15) is 10.7 Å². The summed E-state index contributed by atoms with van der Waals surface area (Å²) in [6.45, 7) is 5.10. The van der Waals surface area contributed by atoms with Crippen molar-refractivity contribution in [3.8, 4) is 0 Å². The number of aryl methyl sites for hydroxylation is 4. The number of H-pyrrole nitrogens is 1. The Morgan fingerprint density at radius 3 is 2.89 bits per heavy atom. The fourth-order valence-electron chi connectivity index (χ4n) is 5.20. The van der Waals surface area contributed by atoms with E-state index in [1.54, 1.807) is 11.3 Å². The van der Waals surface area contributed by atoms with Crippen LogP contribution in [0.5, 0.6) is 0 Å². The molecule has 0 aromatic carbocycles. The molecular formula is C26H31N3O5S. The summed E-state index contributed by atoms with van der Waals surface area (Å²) in [5.41, 5.74) is 3.45. The summed E-state index contributed by atoms with van der Waals surface area (Å²) in [6.07, 6.45) is 6.76. The lowest BCUT2D eigenvalue weighted by molar-refractivity contribution is -0.142. The van der Waals surface area contributed by atoms with E-state index in [9.17, 15) is 14.4 Å². The molecule has 3 aromatic rings. The molecule has 0 amide bonds. The fraction of sp³-hybridized carbons (Fsp3) is 0.538. The predicted molar refractivity (Wildman–Crippen MR) is 133 cm³/mol. The van der Waals surface area contributed by atoms with Gasteiger partial charge >= 0.3 is 5.97 Å². The van der Waals surface area contributed by atoms with Crippen LogP contribution in [-0.2, 0) is 40.1 Å². The van der Waals surface area contributed by atoms with Gasteiger partial charge in [0.05, 0.1) is 17.9 Å². The van der Waals surface area contributed by atoms with Gasteiger partial charge < -0.3 is 19.0 Å². The molecule has 0 saturated carbocycles. The number of aromatic nitrogens is 3. The Kier molecular flexibility index (Phi) is 6.88. The van der Waals surface area contributed by atoms with E-state index in [4.69, 9.17) is 9.47 Å². The summed E-state index contributed by atoms with van der Waals surface area (Å²) in [6, 6.07) is 1.85. The molecule has 1 fully saturated rings. The van der Waals surface area contributed by atoms with E-state index < -0.39 is 5.97 Å². The zero-order valence-electron chi connectivity index (χ0n) is 20.3. The SMILES string of the molecule is Cc1cc(C(=O)COC(=O)CCc2nc3sc4c(c3c(=O)[nH]2)CCCC4)c(C)n1C[C@@H]1CCCO1. The Labute approximate surface area is 207 Å². The van der Waals surface area contributed by atoms with Crippen LogP contribution in [0.25, 0.3) is 10.2 Å². The first-order chi connectivity index (χ1) is 16.9. The number of hydrogen-bond acceptors (Lipinski definition) is 7. The van der Waals surface area contributed by atoms with E-state index in [0.717, 1.165) is 73.5 Å². The topological polar surface area (TPSA) is 103 Å². The van der Waals surface area contributed by atoms with Gasteiger partial charge in [-0.25, -0.2) is 4.98 Å². The van der Waals surface area contributed by atoms with Gasteiger partial charge in [0, 0.05) is 41.4 Å². The summed E-state index contributed by atoms with van der Waals surface area (Å²) in [4.78, 5) is 47.2. The molecular weight excluding hydrogens is 466 g/mol. The van der Waals surface area contributed by atoms with Crippen LogP contribution >= 0.6 is 11.3 Å². The number of nitrogens with zero attached hydrogens (tertiary/aromatic N) is 2. The summed E-state index contributed by atoms with van der Waals surface area (Å²) in [5, 5.41) is 0.707. The maximum Gasteiger partial charge on any atom is 0.306 e. The third-order valence-electron chi connectivity index (χ3n) is 7.09. The van der Waals surface area contributed by atoms with Crippen LogP contribution in [0.15, 0.2) is 10.9 Å². The van der Waals surface area contributed by atoms with Gasteiger partial charge in [-0.15, -0.1) is 11.3 Å². The third kappa shape index (κ3) is 4.97. The third-order valence-corrected chi connectivity index (χ3v) is 8.27. The first-order valence-corrected chi connectivity index (χ1v) is 13.2. The molecule has 1 saturated heterocycles. The van der Waals surface area contributed by atoms with Gasteiger partial charge in [-0.2, -0.15) is 0 Å². The van der Waals surface area contributed by atoms with Crippen LogP contribution in [-0.4, -0.2) is 45.6 Å². The van der Waals surface area contributed by atoms with E-state index in [-0.39, 0.29) is 36.9 Å². The second kappa shape index (κ2) is 10.1. The van der Waals surface area contributed by atoms with Crippen LogP contribution in [0.1, 0.15) is 70.1 Å². The average Bonchev–Trinajstić information content (AvgIpc) is 3.55. The van der Waals surface area contributed by atoms with E-state index in [2.05, 4.69) is 14.5 Å². The van der Waals surface area contributed by atoms with Crippen molar-refractivity contribution in [2.45, 2.75) is 77.9 Å². The molecule has 0 spiro atoms. The van der Waals surface area contributed by atoms with Crippen LogP contribution in [0.3, 0.4) is 0 Å². The normalized spacial score (nSPS) is 17.6. The van der Waals surface area contributed by atoms with E-state index in [0.29, 0.717) is 16.8 Å². The molecule has 1 aliphatic carbocycles. The van der Waals surface area contributed by atoms with Crippen LogP contribution in [0.4, 0.5) is 0 Å². The average molecular weight is 498 g/mol. The maximum absolute atomic E-state index is 12.8. The zero-order valence-corrected chi connectivity index (χ0v) is 21.1. The number of carbonyl (C=O) groups excluding carboxylic acids is 2. The number of Topliss-reactive ketones (excluding diaryl/α,β-unsaturated/α-hetero) is 1. The molecule has 1 aliphatic heterocycles. The van der Waals surface area contributed by atoms with Crippen molar-refractivity contribution in [3.63, 3.8) is 0 Å². The Morgan fingerprint density at radius 1 is 1.26 bits per heavy atom. The summed E-state index contributed by atoms with van der Waals surface area (Å²) in [5.74, 6) is -0.232. The Hall–Kier alpha value is -2.78. The summed E-state index contributed by atoms with van der Waals surface area (Å²) >= 11 is 1.59. The minimum absolute atomic E-state index is 0.0465. The van der Waals surface area contributed by atoms with Crippen molar-refractivity contribution in [3.05, 3.63) is 49.6 Å². The molecule has 1 N–H and O–H groups in total. The molecule has 0 unspecified atom stereocenters. The van der Waals surface area contributed by atoms with Gasteiger partial charge in [0.25, 0.3) is 5.56 Å². The number of ketones is 1. The molecule has 186 valence electrons. The maximum atomic E-state index is 12.8. The van der Waals surface area contributed by atoms with Crippen molar-refractivity contribution in [2.75, 3.05) is 13.2 Å².